The van der Waals surface area contributed by atoms with E-state index in [2.05, 4.69) is 17.2 Å². The number of aromatic nitrogens is 3. The first-order chi connectivity index (χ1) is 10.3. The van der Waals surface area contributed by atoms with Crippen molar-refractivity contribution in [3.05, 3.63) is 35.0 Å². The van der Waals surface area contributed by atoms with Gasteiger partial charge in [0.1, 0.15) is 5.69 Å². The second kappa shape index (κ2) is 8.15. The highest BCUT2D eigenvalue weighted by molar-refractivity contribution is 6.30. The molecule has 114 valence electrons. The second-order valence-corrected chi connectivity index (χ2v) is 5.67. The van der Waals surface area contributed by atoms with Gasteiger partial charge in [0.25, 0.3) is 0 Å². The van der Waals surface area contributed by atoms with Crippen LogP contribution >= 0.6 is 11.6 Å². The summed E-state index contributed by atoms with van der Waals surface area (Å²) in [6, 6.07) is 7.76. The molecule has 21 heavy (non-hydrogen) atoms. The molecule has 0 spiro atoms. The molecule has 0 aliphatic heterocycles. The second-order valence-electron chi connectivity index (χ2n) is 5.23. The van der Waals surface area contributed by atoms with Crippen molar-refractivity contribution in [1.82, 2.24) is 15.0 Å². The van der Waals surface area contributed by atoms with E-state index in [1.807, 2.05) is 28.9 Å². The van der Waals surface area contributed by atoms with Gasteiger partial charge in [-0.05, 0) is 18.6 Å². The lowest BCUT2D eigenvalue weighted by atomic mass is 10.1. The molecular weight excluding hydrogens is 284 g/mol. The molecule has 1 aromatic heterocycles. The van der Waals surface area contributed by atoms with E-state index in [1.165, 1.54) is 25.7 Å². The Morgan fingerprint density at radius 1 is 1.10 bits per heavy atom. The monoisotopic (exact) mass is 306 g/mol. The third-order valence-electron chi connectivity index (χ3n) is 3.59. The standard InChI is InChI=1S/C16H23ClN4/c1-2-3-4-5-6-11-21-16(15(12-18)19-20-21)13-7-9-14(17)10-8-13/h7-10H,2-6,11-12,18H2,1H3. The Hall–Kier alpha value is -1.39. The third-order valence-corrected chi connectivity index (χ3v) is 3.84. The highest BCUT2D eigenvalue weighted by Gasteiger charge is 2.13. The van der Waals surface area contributed by atoms with Crippen LogP contribution in [0, 0.1) is 0 Å². The smallest absolute Gasteiger partial charge is 0.104 e. The summed E-state index contributed by atoms with van der Waals surface area (Å²) in [6.07, 6.45) is 6.19. The Bertz CT molecular complexity index is 548. The van der Waals surface area contributed by atoms with E-state index in [0.717, 1.165) is 34.9 Å². The Labute approximate surface area is 131 Å². The van der Waals surface area contributed by atoms with Gasteiger partial charge in [-0.2, -0.15) is 0 Å². The van der Waals surface area contributed by atoms with Crippen LogP contribution in [0.3, 0.4) is 0 Å². The summed E-state index contributed by atoms with van der Waals surface area (Å²) >= 11 is 5.96. The van der Waals surface area contributed by atoms with Crippen LogP contribution in [0.1, 0.15) is 44.7 Å². The van der Waals surface area contributed by atoms with Crippen molar-refractivity contribution in [2.75, 3.05) is 0 Å². The number of aryl methyl sites for hydroxylation is 1. The van der Waals surface area contributed by atoms with E-state index in [9.17, 15) is 0 Å². The molecule has 0 unspecified atom stereocenters. The zero-order valence-electron chi connectivity index (χ0n) is 12.6. The Morgan fingerprint density at radius 2 is 1.81 bits per heavy atom. The SMILES string of the molecule is CCCCCCCn1nnc(CN)c1-c1ccc(Cl)cc1. The molecule has 0 saturated heterocycles. The molecule has 0 aliphatic carbocycles. The molecule has 1 aromatic carbocycles. The fourth-order valence-corrected chi connectivity index (χ4v) is 2.56. The van der Waals surface area contributed by atoms with E-state index in [-0.39, 0.29) is 0 Å². The van der Waals surface area contributed by atoms with Gasteiger partial charge in [0.05, 0.1) is 5.69 Å². The van der Waals surface area contributed by atoms with Gasteiger partial charge in [-0.25, -0.2) is 4.68 Å². The highest BCUT2D eigenvalue weighted by Crippen LogP contribution is 2.24. The summed E-state index contributed by atoms with van der Waals surface area (Å²) in [7, 11) is 0. The molecule has 5 heteroatoms. The van der Waals surface area contributed by atoms with Crippen molar-refractivity contribution in [2.45, 2.75) is 52.1 Å². The minimum absolute atomic E-state index is 0.397. The van der Waals surface area contributed by atoms with Crippen molar-refractivity contribution < 1.29 is 0 Å². The third kappa shape index (κ3) is 4.29. The van der Waals surface area contributed by atoms with Crippen LogP contribution in [0.5, 0.6) is 0 Å². The van der Waals surface area contributed by atoms with Crippen LogP contribution in [0.15, 0.2) is 24.3 Å². The van der Waals surface area contributed by atoms with Crippen molar-refractivity contribution in [2.24, 2.45) is 5.73 Å². The van der Waals surface area contributed by atoms with Gasteiger partial charge in [0, 0.05) is 23.7 Å². The largest absolute Gasteiger partial charge is 0.325 e. The van der Waals surface area contributed by atoms with Crippen LogP contribution in [-0.4, -0.2) is 15.0 Å². The Morgan fingerprint density at radius 3 is 2.48 bits per heavy atom. The van der Waals surface area contributed by atoms with Gasteiger partial charge in [-0.3, -0.25) is 0 Å². The average molecular weight is 307 g/mol. The Kier molecular flexibility index (Phi) is 6.21. The predicted octanol–water partition coefficient (Wildman–Crippen LogP) is 4.03. The van der Waals surface area contributed by atoms with Crippen LogP contribution in [-0.2, 0) is 13.1 Å². The number of nitrogens with zero attached hydrogens (tertiary/aromatic N) is 3. The van der Waals surface area contributed by atoms with Gasteiger partial charge in [-0.1, -0.05) is 61.6 Å². The van der Waals surface area contributed by atoms with Gasteiger partial charge in [0.2, 0.25) is 0 Å². The summed E-state index contributed by atoms with van der Waals surface area (Å²) in [4.78, 5) is 0. The molecule has 2 aromatic rings. The summed E-state index contributed by atoms with van der Waals surface area (Å²) < 4.78 is 1.97. The maximum atomic E-state index is 5.96. The van der Waals surface area contributed by atoms with E-state index in [4.69, 9.17) is 17.3 Å². The number of halogens is 1. The topological polar surface area (TPSA) is 56.7 Å². The lowest BCUT2D eigenvalue weighted by Crippen LogP contribution is -2.05. The van der Waals surface area contributed by atoms with E-state index < -0.39 is 0 Å². The van der Waals surface area contributed by atoms with Gasteiger partial charge in [-0.15, -0.1) is 5.10 Å². The van der Waals surface area contributed by atoms with Crippen molar-refractivity contribution >= 4 is 11.6 Å². The van der Waals surface area contributed by atoms with Gasteiger partial charge < -0.3 is 5.73 Å². The Balaban J connectivity index is 2.11. The van der Waals surface area contributed by atoms with Crippen molar-refractivity contribution in [1.29, 1.82) is 0 Å². The number of rotatable bonds is 8. The van der Waals surface area contributed by atoms with E-state index in [1.54, 1.807) is 0 Å². The van der Waals surface area contributed by atoms with Crippen LogP contribution in [0.4, 0.5) is 0 Å². The summed E-state index contributed by atoms with van der Waals surface area (Å²) in [6.45, 7) is 3.51. The number of nitrogens with two attached hydrogens (primary N) is 1. The quantitative estimate of drug-likeness (QED) is 0.749. The minimum Gasteiger partial charge on any atom is -0.325 e. The lowest BCUT2D eigenvalue weighted by molar-refractivity contribution is 0.524. The van der Waals surface area contributed by atoms with Gasteiger partial charge >= 0.3 is 0 Å². The normalized spacial score (nSPS) is 11.0. The molecule has 0 saturated carbocycles. The zero-order valence-corrected chi connectivity index (χ0v) is 13.3. The molecule has 0 fully saturated rings. The molecular formula is C16H23ClN4. The van der Waals surface area contributed by atoms with Crippen LogP contribution in [0.2, 0.25) is 5.02 Å². The molecule has 2 N–H and O–H groups in total. The molecule has 0 amide bonds. The maximum absolute atomic E-state index is 5.96. The van der Waals surface area contributed by atoms with E-state index in [0.29, 0.717) is 6.54 Å². The summed E-state index contributed by atoms with van der Waals surface area (Å²) in [5.74, 6) is 0. The average Bonchev–Trinajstić information content (AvgIpc) is 2.91. The maximum Gasteiger partial charge on any atom is 0.104 e. The molecule has 0 radical (unpaired) electrons. The van der Waals surface area contributed by atoms with Crippen molar-refractivity contribution in [3.8, 4) is 11.3 Å². The number of hydrogen-bond donors (Lipinski definition) is 1. The number of hydrogen-bond acceptors (Lipinski definition) is 3. The fourth-order valence-electron chi connectivity index (χ4n) is 2.43. The lowest BCUT2D eigenvalue weighted by Gasteiger charge is -2.08. The van der Waals surface area contributed by atoms with Crippen LogP contribution in [0.25, 0.3) is 11.3 Å². The molecule has 0 atom stereocenters. The van der Waals surface area contributed by atoms with Gasteiger partial charge in [0.15, 0.2) is 0 Å². The first kappa shape index (κ1) is 16.0. The molecule has 4 nitrogen and oxygen atoms in total. The number of benzene rings is 1. The highest BCUT2D eigenvalue weighted by atomic mass is 35.5. The fraction of sp³-hybridized carbons (Fsp3) is 0.500. The molecule has 1 heterocycles. The minimum atomic E-state index is 0.397. The summed E-state index contributed by atoms with van der Waals surface area (Å²) in [5.41, 5.74) is 8.71. The molecule has 0 bridgehead atoms. The zero-order chi connectivity index (χ0) is 15.1. The van der Waals surface area contributed by atoms with Crippen LogP contribution < -0.4 is 5.73 Å². The predicted molar refractivity (Wildman–Crippen MR) is 87.1 cm³/mol. The summed E-state index contributed by atoms with van der Waals surface area (Å²) in [5, 5.41) is 9.19. The molecule has 0 aliphatic rings. The van der Waals surface area contributed by atoms with E-state index >= 15 is 0 Å². The number of unbranched alkanes of at least 4 members (excludes halogenated alkanes) is 4. The molecule has 2 rings (SSSR count). The first-order valence-corrected chi connectivity index (χ1v) is 8.02. The first-order valence-electron chi connectivity index (χ1n) is 7.64. The van der Waals surface area contributed by atoms with Crippen molar-refractivity contribution in [3.63, 3.8) is 0 Å².